The molecule has 3 heteroatoms. The van der Waals surface area contributed by atoms with E-state index in [0.717, 1.165) is 25.5 Å². The molecule has 19 heavy (non-hydrogen) atoms. The highest BCUT2D eigenvalue weighted by molar-refractivity contribution is 5.12. The number of ether oxygens (including phenoxy) is 1. The van der Waals surface area contributed by atoms with Gasteiger partial charge in [0.1, 0.15) is 0 Å². The van der Waals surface area contributed by atoms with E-state index in [2.05, 4.69) is 42.9 Å². The predicted molar refractivity (Wildman–Crippen MR) is 76.0 cm³/mol. The summed E-state index contributed by atoms with van der Waals surface area (Å²) in [6.45, 7) is 6.72. The second-order valence-electron chi connectivity index (χ2n) is 6.56. The number of rotatable bonds is 4. The Kier molecular flexibility index (Phi) is 3.35. The van der Waals surface area contributed by atoms with E-state index in [1.165, 1.54) is 12.1 Å². The van der Waals surface area contributed by atoms with Gasteiger partial charge in [-0.25, -0.2) is 0 Å². The molecule has 1 aromatic rings. The lowest BCUT2D eigenvalue weighted by Gasteiger charge is -2.58. The summed E-state index contributed by atoms with van der Waals surface area (Å²) in [4.78, 5) is 6.92. The average Bonchev–Trinajstić information content (AvgIpc) is 2.83. The third-order valence-corrected chi connectivity index (χ3v) is 4.96. The Morgan fingerprint density at radius 3 is 3.00 bits per heavy atom. The molecular weight excluding hydrogens is 236 g/mol. The number of hydrogen-bond donors (Lipinski definition) is 0. The molecule has 1 saturated heterocycles. The van der Waals surface area contributed by atoms with Crippen LogP contribution in [0.4, 0.5) is 0 Å². The molecule has 3 atom stereocenters. The van der Waals surface area contributed by atoms with Gasteiger partial charge in [-0.1, -0.05) is 19.9 Å². The van der Waals surface area contributed by atoms with E-state index in [1.807, 2.05) is 12.3 Å². The molecule has 1 aliphatic heterocycles. The molecule has 1 saturated carbocycles. The lowest BCUT2D eigenvalue weighted by atomic mass is 9.57. The van der Waals surface area contributed by atoms with Crippen molar-refractivity contribution < 1.29 is 4.74 Å². The molecule has 0 aromatic carbocycles. The van der Waals surface area contributed by atoms with Gasteiger partial charge < -0.3 is 9.64 Å². The topological polar surface area (TPSA) is 25.4 Å². The van der Waals surface area contributed by atoms with E-state index in [9.17, 15) is 0 Å². The van der Waals surface area contributed by atoms with Crippen molar-refractivity contribution in [2.75, 3.05) is 20.2 Å². The van der Waals surface area contributed by atoms with E-state index in [4.69, 9.17) is 4.74 Å². The van der Waals surface area contributed by atoms with Crippen LogP contribution in [0.3, 0.4) is 0 Å². The van der Waals surface area contributed by atoms with Crippen LogP contribution in [0.15, 0.2) is 24.4 Å². The van der Waals surface area contributed by atoms with Gasteiger partial charge in [-0.05, 0) is 25.6 Å². The van der Waals surface area contributed by atoms with Crippen molar-refractivity contribution in [3.05, 3.63) is 30.1 Å². The van der Waals surface area contributed by atoms with Crippen LogP contribution >= 0.6 is 0 Å². The Hall–Kier alpha value is -0.930. The van der Waals surface area contributed by atoms with Crippen LogP contribution in [-0.2, 0) is 11.2 Å². The van der Waals surface area contributed by atoms with Gasteiger partial charge in [0.05, 0.1) is 6.10 Å². The minimum Gasteiger partial charge on any atom is -0.377 e. The van der Waals surface area contributed by atoms with E-state index >= 15 is 0 Å². The third kappa shape index (κ3) is 2.19. The normalized spacial score (nSPS) is 32.1. The zero-order valence-electron chi connectivity index (χ0n) is 12.2. The molecule has 2 fully saturated rings. The molecule has 2 aliphatic rings. The first-order chi connectivity index (χ1) is 9.10. The number of likely N-dealkylation sites (N-methyl/N-ethyl adjacent to an activating group) is 1. The van der Waals surface area contributed by atoms with E-state index in [1.54, 1.807) is 0 Å². The van der Waals surface area contributed by atoms with Gasteiger partial charge in [-0.15, -0.1) is 0 Å². The predicted octanol–water partition coefficient (Wildman–Crippen LogP) is 2.37. The van der Waals surface area contributed by atoms with Crippen LogP contribution in [0, 0.1) is 11.3 Å². The minimum absolute atomic E-state index is 0.292. The molecular formula is C16H24N2O. The summed E-state index contributed by atoms with van der Waals surface area (Å²) in [5, 5.41) is 0. The molecule has 0 spiro atoms. The molecule has 3 rings (SSSR count). The highest BCUT2D eigenvalue weighted by Crippen LogP contribution is 2.54. The van der Waals surface area contributed by atoms with Crippen LogP contribution in [0.2, 0.25) is 0 Å². The van der Waals surface area contributed by atoms with Crippen LogP contribution in [0.25, 0.3) is 0 Å². The summed E-state index contributed by atoms with van der Waals surface area (Å²) in [6, 6.07) is 6.81. The van der Waals surface area contributed by atoms with Gasteiger partial charge >= 0.3 is 0 Å². The summed E-state index contributed by atoms with van der Waals surface area (Å²) < 4.78 is 5.87. The van der Waals surface area contributed by atoms with Crippen molar-refractivity contribution in [2.24, 2.45) is 11.3 Å². The van der Waals surface area contributed by atoms with Gasteiger partial charge in [0, 0.05) is 48.8 Å². The van der Waals surface area contributed by atoms with Crippen molar-refractivity contribution in [3.8, 4) is 0 Å². The van der Waals surface area contributed by atoms with Crippen molar-refractivity contribution in [2.45, 2.75) is 38.8 Å². The maximum Gasteiger partial charge on any atom is 0.0685 e. The van der Waals surface area contributed by atoms with E-state index < -0.39 is 0 Å². The minimum atomic E-state index is 0.292. The van der Waals surface area contributed by atoms with E-state index in [0.29, 0.717) is 17.6 Å². The molecule has 0 radical (unpaired) electrons. The molecule has 104 valence electrons. The fraction of sp³-hybridized carbons (Fsp3) is 0.688. The first kappa shape index (κ1) is 13.1. The van der Waals surface area contributed by atoms with E-state index in [-0.39, 0.29) is 0 Å². The maximum absolute atomic E-state index is 5.87. The number of pyridine rings is 1. The average molecular weight is 260 g/mol. The Morgan fingerprint density at radius 1 is 1.42 bits per heavy atom. The molecule has 0 N–H and O–H groups in total. The molecule has 1 aromatic heterocycles. The van der Waals surface area contributed by atoms with Crippen LogP contribution in [-0.4, -0.2) is 42.2 Å². The van der Waals surface area contributed by atoms with Crippen molar-refractivity contribution in [1.29, 1.82) is 0 Å². The highest BCUT2D eigenvalue weighted by Gasteiger charge is 2.60. The highest BCUT2D eigenvalue weighted by atomic mass is 16.5. The second kappa shape index (κ2) is 4.88. The van der Waals surface area contributed by atoms with Gasteiger partial charge in [0.15, 0.2) is 0 Å². The Balaban J connectivity index is 1.60. The van der Waals surface area contributed by atoms with Crippen molar-refractivity contribution in [3.63, 3.8) is 0 Å². The molecule has 1 aliphatic carbocycles. The fourth-order valence-electron chi connectivity index (χ4n) is 4.17. The lowest BCUT2D eigenvalue weighted by molar-refractivity contribution is -0.149. The molecule has 2 heterocycles. The summed E-state index contributed by atoms with van der Waals surface area (Å²) in [5.74, 6) is 0.740. The van der Waals surface area contributed by atoms with Crippen LogP contribution in [0.5, 0.6) is 0 Å². The lowest BCUT2D eigenvalue weighted by Crippen LogP contribution is -2.66. The summed E-state index contributed by atoms with van der Waals surface area (Å²) in [7, 11) is 2.25. The molecule has 3 nitrogen and oxygen atoms in total. The summed E-state index contributed by atoms with van der Waals surface area (Å²) in [5.41, 5.74) is 1.48. The second-order valence-corrected chi connectivity index (χ2v) is 6.56. The molecule has 0 unspecified atom stereocenters. The first-order valence-electron chi connectivity index (χ1n) is 7.32. The first-order valence-corrected chi connectivity index (χ1v) is 7.32. The zero-order chi connectivity index (χ0) is 13.5. The van der Waals surface area contributed by atoms with Crippen LogP contribution in [0.1, 0.15) is 26.0 Å². The largest absolute Gasteiger partial charge is 0.377 e. The Morgan fingerprint density at radius 2 is 2.26 bits per heavy atom. The van der Waals surface area contributed by atoms with Gasteiger partial charge in [-0.2, -0.15) is 0 Å². The zero-order valence-corrected chi connectivity index (χ0v) is 12.2. The Labute approximate surface area is 116 Å². The Bertz CT molecular complexity index is 432. The number of hydrogen-bond acceptors (Lipinski definition) is 3. The van der Waals surface area contributed by atoms with Gasteiger partial charge in [0.2, 0.25) is 0 Å². The van der Waals surface area contributed by atoms with Gasteiger partial charge in [0.25, 0.3) is 0 Å². The number of fused-ring (bicyclic) bond motifs is 1. The van der Waals surface area contributed by atoms with Crippen LogP contribution < -0.4 is 0 Å². The number of aromatic nitrogens is 1. The number of nitrogens with zero attached hydrogens (tertiary/aromatic N) is 2. The quantitative estimate of drug-likeness (QED) is 0.831. The van der Waals surface area contributed by atoms with Crippen molar-refractivity contribution >= 4 is 0 Å². The van der Waals surface area contributed by atoms with Crippen molar-refractivity contribution in [1.82, 2.24) is 9.88 Å². The summed E-state index contributed by atoms with van der Waals surface area (Å²) >= 11 is 0. The summed E-state index contributed by atoms with van der Waals surface area (Å²) in [6.07, 6.45) is 4.62. The molecule has 0 amide bonds. The SMILES string of the molecule is CN(CCc1ccccn1)[C@@H]1[C@@H]2CCO[C@@H]2C1(C)C. The standard InChI is InChI=1S/C16H24N2O/c1-16(2)14(13-8-11-19-15(13)16)18(3)10-7-12-6-4-5-9-17-12/h4-6,9,13-15H,7-8,10-11H2,1-3H3/t13-,14+,15-/m0/s1. The van der Waals surface area contributed by atoms with Gasteiger partial charge in [-0.3, -0.25) is 4.98 Å². The monoisotopic (exact) mass is 260 g/mol. The maximum atomic E-state index is 5.87. The third-order valence-electron chi connectivity index (χ3n) is 4.96. The smallest absolute Gasteiger partial charge is 0.0685 e. The fourth-order valence-corrected chi connectivity index (χ4v) is 4.17. The molecule has 0 bridgehead atoms.